The molecule has 0 radical (unpaired) electrons. The summed E-state index contributed by atoms with van der Waals surface area (Å²) in [7, 11) is 0. The summed E-state index contributed by atoms with van der Waals surface area (Å²) in [5.74, 6) is 0. The topological polar surface area (TPSA) is 13.1 Å². The van der Waals surface area contributed by atoms with Gasteiger partial charge in [-0.15, -0.1) is 0 Å². The number of benzene rings is 10. The smallest absolute Gasteiger partial charge is 0.136 e. The van der Waals surface area contributed by atoms with Crippen LogP contribution < -0.4 is 0 Å². The number of fused-ring (bicyclic) bond motifs is 14. The van der Waals surface area contributed by atoms with Crippen LogP contribution in [0.15, 0.2) is 186 Å². The third kappa shape index (κ3) is 4.56. The molecular weight excluding hydrogens is 737 g/mol. The van der Waals surface area contributed by atoms with Crippen molar-refractivity contribution < 1.29 is 4.42 Å². The zero-order chi connectivity index (χ0) is 40.8. The van der Waals surface area contributed by atoms with Crippen LogP contribution in [-0.4, -0.2) is 0 Å². The maximum Gasteiger partial charge on any atom is 0.136 e. The molecule has 0 unspecified atom stereocenters. The normalized spacial score (nSPS) is 14.5. The Labute approximate surface area is 355 Å². The van der Waals surface area contributed by atoms with Crippen molar-refractivity contribution in [3.05, 3.63) is 204 Å². The maximum absolute atomic E-state index is 6.94. The van der Waals surface area contributed by atoms with Crippen molar-refractivity contribution in [2.45, 2.75) is 38.5 Å². The minimum absolute atomic E-state index is 0.0870. The minimum atomic E-state index is -0.235. The van der Waals surface area contributed by atoms with E-state index in [1.165, 1.54) is 121 Å². The average molecular weight is 779 g/mol. The molecule has 11 aromatic rings. The van der Waals surface area contributed by atoms with E-state index in [-0.39, 0.29) is 10.8 Å². The lowest BCUT2D eigenvalue weighted by atomic mass is 9.78. The zero-order valence-corrected chi connectivity index (χ0v) is 34.7. The van der Waals surface area contributed by atoms with Crippen molar-refractivity contribution in [3.8, 4) is 55.6 Å². The van der Waals surface area contributed by atoms with Crippen LogP contribution >= 0.6 is 0 Å². The molecule has 13 rings (SSSR count). The van der Waals surface area contributed by atoms with Crippen LogP contribution in [0.25, 0.3) is 110 Å². The van der Waals surface area contributed by atoms with Gasteiger partial charge >= 0.3 is 0 Å². The van der Waals surface area contributed by atoms with Gasteiger partial charge in [-0.3, -0.25) is 0 Å². The first-order valence-corrected chi connectivity index (χ1v) is 21.6. The van der Waals surface area contributed by atoms with Gasteiger partial charge in [0.15, 0.2) is 0 Å². The van der Waals surface area contributed by atoms with Gasteiger partial charge < -0.3 is 4.42 Å². The molecule has 0 amide bonds. The molecule has 1 heteroatoms. The summed E-state index contributed by atoms with van der Waals surface area (Å²) < 4.78 is 6.94. The second-order valence-electron chi connectivity index (χ2n) is 18.3. The van der Waals surface area contributed by atoms with E-state index in [1.807, 2.05) is 0 Å². The first kappa shape index (κ1) is 34.6. The second-order valence-corrected chi connectivity index (χ2v) is 18.3. The molecule has 1 heterocycles. The predicted molar refractivity (Wildman–Crippen MR) is 258 cm³/mol. The van der Waals surface area contributed by atoms with Crippen LogP contribution in [0.3, 0.4) is 0 Å². The highest BCUT2D eigenvalue weighted by Gasteiger charge is 2.40. The summed E-state index contributed by atoms with van der Waals surface area (Å²) in [5, 5.41) is 10.0. The molecule has 288 valence electrons. The van der Waals surface area contributed by atoms with Crippen LogP contribution in [-0.2, 0) is 10.8 Å². The van der Waals surface area contributed by atoms with Gasteiger partial charge in [0.2, 0.25) is 0 Å². The zero-order valence-electron chi connectivity index (χ0n) is 34.7. The molecule has 0 fully saturated rings. The van der Waals surface area contributed by atoms with Crippen molar-refractivity contribution in [3.63, 3.8) is 0 Å². The third-order valence-corrected chi connectivity index (χ3v) is 14.4. The summed E-state index contributed by atoms with van der Waals surface area (Å²) in [6.45, 7) is 9.52. The standard InChI is InChI=1S/C60H42O/c1-59(2)48-28-15-14-25-45(48)55-50(59)31-32-51-57(55)56-38-20-9-8-19-37(38)46(34-52(56)61-51)43-26-16-27-44-47-33-36(29-30-49(47)60(3,4)58(43)44)54-41-23-12-10-21-39(41)53(35-17-6-5-7-18-35)40-22-11-13-24-42(40)54/h5-34H,1-4H3. The molecule has 1 nitrogen and oxygen atoms in total. The van der Waals surface area contributed by atoms with Gasteiger partial charge in [0.05, 0.1) is 0 Å². The number of hydrogen-bond acceptors (Lipinski definition) is 1. The fourth-order valence-electron chi connectivity index (χ4n) is 11.8. The van der Waals surface area contributed by atoms with Crippen LogP contribution in [0, 0.1) is 0 Å². The Balaban J connectivity index is 1.04. The van der Waals surface area contributed by atoms with Gasteiger partial charge in [0, 0.05) is 21.6 Å². The lowest BCUT2D eigenvalue weighted by molar-refractivity contribution is 0.656. The molecule has 61 heavy (non-hydrogen) atoms. The van der Waals surface area contributed by atoms with E-state index in [2.05, 4.69) is 210 Å². The van der Waals surface area contributed by atoms with Crippen molar-refractivity contribution in [1.29, 1.82) is 0 Å². The molecule has 0 atom stereocenters. The van der Waals surface area contributed by atoms with Crippen molar-refractivity contribution >= 4 is 54.3 Å². The summed E-state index contributed by atoms with van der Waals surface area (Å²) in [6.07, 6.45) is 0. The predicted octanol–water partition coefficient (Wildman–Crippen LogP) is 16.7. The minimum Gasteiger partial charge on any atom is -0.456 e. The first-order chi connectivity index (χ1) is 29.8. The summed E-state index contributed by atoms with van der Waals surface area (Å²) >= 11 is 0. The van der Waals surface area contributed by atoms with Gasteiger partial charge in [0.1, 0.15) is 11.2 Å². The number of furan rings is 1. The van der Waals surface area contributed by atoms with Crippen molar-refractivity contribution in [1.82, 2.24) is 0 Å². The van der Waals surface area contributed by atoms with Crippen LogP contribution in [0.5, 0.6) is 0 Å². The van der Waals surface area contributed by atoms with Gasteiger partial charge in [-0.2, -0.15) is 0 Å². The molecule has 2 aliphatic carbocycles. The maximum atomic E-state index is 6.94. The Morgan fingerprint density at radius 2 is 0.852 bits per heavy atom. The molecular formula is C60H42O. The largest absolute Gasteiger partial charge is 0.456 e. The quantitative estimate of drug-likeness (QED) is 0.163. The SMILES string of the molecule is CC1(C)c2ccccc2-c2c1ccc1oc3cc(-c4cccc5c4C(C)(C)c4ccc(-c6c7ccccc7c(-c7ccccc7)c7ccccc67)cc4-5)c4ccccc4c3c21. The molecule has 0 aliphatic heterocycles. The molecule has 10 aromatic carbocycles. The van der Waals surface area contributed by atoms with Crippen LogP contribution in [0.2, 0.25) is 0 Å². The van der Waals surface area contributed by atoms with E-state index in [0.29, 0.717) is 0 Å². The second kappa shape index (κ2) is 12.2. The van der Waals surface area contributed by atoms with E-state index in [9.17, 15) is 0 Å². The number of rotatable bonds is 3. The lowest BCUT2D eigenvalue weighted by Gasteiger charge is -2.25. The van der Waals surface area contributed by atoms with Crippen LogP contribution in [0.1, 0.15) is 49.9 Å². The molecule has 0 bridgehead atoms. The third-order valence-electron chi connectivity index (χ3n) is 14.4. The Morgan fingerprint density at radius 1 is 0.311 bits per heavy atom. The van der Waals surface area contributed by atoms with Gasteiger partial charge in [-0.05, 0) is 128 Å². The van der Waals surface area contributed by atoms with E-state index in [1.54, 1.807) is 0 Å². The van der Waals surface area contributed by atoms with Crippen molar-refractivity contribution in [2.24, 2.45) is 0 Å². The first-order valence-electron chi connectivity index (χ1n) is 21.6. The monoisotopic (exact) mass is 778 g/mol. The van der Waals surface area contributed by atoms with E-state index in [0.717, 1.165) is 11.2 Å². The molecule has 0 spiro atoms. The molecule has 0 N–H and O–H groups in total. The Kier molecular flexibility index (Phi) is 6.91. The highest BCUT2D eigenvalue weighted by Crippen LogP contribution is 2.57. The molecule has 0 saturated carbocycles. The highest BCUT2D eigenvalue weighted by molar-refractivity contribution is 6.27. The molecule has 1 aromatic heterocycles. The summed E-state index contributed by atoms with van der Waals surface area (Å²) in [4.78, 5) is 0. The van der Waals surface area contributed by atoms with Gasteiger partial charge in [-0.1, -0.05) is 191 Å². The Morgan fingerprint density at radius 3 is 1.56 bits per heavy atom. The highest BCUT2D eigenvalue weighted by atomic mass is 16.3. The van der Waals surface area contributed by atoms with Gasteiger partial charge in [-0.25, -0.2) is 0 Å². The fraction of sp³-hybridized carbons (Fsp3) is 0.100. The van der Waals surface area contributed by atoms with E-state index >= 15 is 0 Å². The fourth-order valence-corrected chi connectivity index (χ4v) is 11.8. The lowest BCUT2D eigenvalue weighted by Crippen LogP contribution is -2.16. The molecule has 0 saturated heterocycles. The summed E-state index contributed by atoms with van der Waals surface area (Å²) in [5.41, 5.74) is 19.8. The summed E-state index contributed by atoms with van der Waals surface area (Å²) in [6, 6.07) is 67.7. The van der Waals surface area contributed by atoms with Gasteiger partial charge in [0.25, 0.3) is 0 Å². The van der Waals surface area contributed by atoms with E-state index in [4.69, 9.17) is 4.42 Å². The number of hydrogen-bond donors (Lipinski definition) is 0. The Hall–Kier alpha value is -7.22. The van der Waals surface area contributed by atoms with E-state index < -0.39 is 0 Å². The Bertz CT molecular complexity index is 3630. The molecule has 2 aliphatic rings. The van der Waals surface area contributed by atoms with Crippen LogP contribution in [0.4, 0.5) is 0 Å². The average Bonchev–Trinajstić information content (AvgIpc) is 3.87. The van der Waals surface area contributed by atoms with Crippen molar-refractivity contribution in [2.75, 3.05) is 0 Å².